The molecule has 1 heterocycles. The molecule has 116 valence electrons. The van der Waals surface area contributed by atoms with Gasteiger partial charge in [-0.25, -0.2) is 13.1 Å². The minimum absolute atomic E-state index is 0.184. The van der Waals surface area contributed by atoms with E-state index in [4.69, 9.17) is 9.47 Å². The number of hydrogen-bond acceptors (Lipinski definition) is 6. The normalized spacial score (nSPS) is 13.6. The van der Waals surface area contributed by atoms with Crippen molar-refractivity contribution in [1.29, 1.82) is 0 Å². The standard InChI is InChI=1S/C12H22N2O4S2/c1-9-12(5-11(19-9)7-13-2)20(15,16)14-6-10(18-4)8-17-3/h5,10,13-14H,6-8H2,1-4H3. The number of hydrogen-bond donors (Lipinski definition) is 2. The zero-order valence-corrected chi connectivity index (χ0v) is 13.9. The summed E-state index contributed by atoms with van der Waals surface area (Å²) >= 11 is 1.48. The molecule has 1 unspecified atom stereocenters. The van der Waals surface area contributed by atoms with Crippen molar-refractivity contribution >= 4 is 21.4 Å². The van der Waals surface area contributed by atoms with Gasteiger partial charge in [0.25, 0.3) is 0 Å². The van der Waals surface area contributed by atoms with Crippen LogP contribution in [-0.4, -0.2) is 48.9 Å². The van der Waals surface area contributed by atoms with Crippen molar-refractivity contribution in [3.8, 4) is 0 Å². The molecule has 0 saturated carbocycles. The fourth-order valence-corrected chi connectivity index (χ4v) is 4.44. The molecule has 20 heavy (non-hydrogen) atoms. The Kier molecular flexibility index (Phi) is 7.07. The molecule has 1 aromatic rings. The van der Waals surface area contributed by atoms with Crippen molar-refractivity contribution in [2.75, 3.05) is 34.4 Å². The lowest BCUT2D eigenvalue weighted by Crippen LogP contribution is -2.35. The van der Waals surface area contributed by atoms with Gasteiger partial charge in [-0.2, -0.15) is 0 Å². The van der Waals surface area contributed by atoms with E-state index >= 15 is 0 Å². The van der Waals surface area contributed by atoms with Gasteiger partial charge in [0.15, 0.2) is 0 Å². The molecule has 1 rings (SSSR count). The number of thiophene rings is 1. The van der Waals surface area contributed by atoms with Gasteiger partial charge in [0.05, 0.1) is 17.6 Å². The van der Waals surface area contributed by atoms with Crippen LogP contribution in [0.5, 0.6) is 0 Å². The van der Waals surface area contributed by atoms with Gasteiger partial charge in [0.1, 0.15) is 0 Å². The van der Waals surface area contributed by atoms with Crippen LogP contribution < -0.4 is 10.0 Å². The summed E-state index contributed by atoms with van der Waals surface area (Å²) in [4.78, 5) is 2.11. The maximum Gasteiger partial charge on any atom is 0.241 e. The number of aryl methyl sites for hydroxylation is 1. The van der Waals surface area contributed by atoms with Crippen LogP contribution >= 0.6 is 11.3 Å². The summed E-state index contributed by atoms with van der Waals surface area (Å²) in [5.74, 6) is 0. The first-order chi connectivity index (χ1) is 9.44. The highest BCUT2D eigenvalue weighted by Gasteiger charge is 2.21. The van der Waals surface area contributed by atoms with Crippen molar-refractivity contribution in [3.05, 3.63) is 15.8 Å². The van der Waals surface area contributed by atoms with Crippen LogP contribution in [0.2, 0.25) is 0 Å². The van der Waals surface area contributed by atoms with Crippen LogP contribution in [0.3, 0.4) is 0 Å². The molecule has 1 aromatic heterocycles. The molecule has 0 aromatic carbocycles. The first kappa shape index (κ1) is 17.5. The summed E-state index contributed by atoms with van der Waals surface area (Å²) in [5.41, 5.74) is 0. The van der Waals surface area contributed by atoms with Gasteiger partial charge >= 0.3 is 0 Å². The van der Waals surface area contributed by atoms with Crippen LogP contribution in [0.4, 0.5) is 0 Å². The highest BCUT2D eigenvalue weighted by molar-refractivity contribution is 7.89. The van der Waals surface area contributed by atoms with Crippen LogP contribution in [0.1, 0.15) is 9.75 Å². The number of sulfonamides is 1. The van der Waals surface area contributed by atoms with Crippen molar-refractivity contribution in [2.24, 2.45) is 0 Å². The second-order valence-corrected chi connectivity index (χ2v) is 7.40. The molecule has 6 nitrogen and oxygen atoms in total. The van der Waals surface area contributed by atoms with E-state index in [0.29, 0.717) is 18.0 Å². The molecule has 0 fully saturated rings. The Bertz CT molecular complexity index is 514. The molecule has 1 atom stereocenters. The largest absolute Gasteiger partial charge is 0.382 e. The van der Waals surface area contributed by atoms with E-state index in [1.807, 2.05) is 7.05 Å². The van der Waals surface area contributed by atoms with E-state index < -0.39 is 10.0 Å². The Balaban J connectivity index is 2.78. The summed E-state index contributed by atoms with van der Waals surface area (Å²) in [6.07, 6.45) is -0.300. The molecule has 0 aliphatic heterocycles. The van der Waals surface area contributed by atoms with Crippen molar-refractivity contribution in [2.45, 2.75) is 24.5 Å². The molecule has 0 radical (unpaired) electrons. The maximum atomic E-state index is 12.3. The summed E-state index contributed by atoms with van der Waals surface area (Å²) in [6, 6.07) is 1.71. The summed E-state index contributed by atoms with van der Waals surface area (Å²) in [7, 11) is 1.39. The highest BCUT2D eigenvalue weighted by atomic mass is 32.2. The van der Waals surface area contributed by atoms with E-state index in [1.54, 1.807) is 20.1 Å². The summed E-state index contributed by atoms with van der Waals surface area (Å²) in [6.45, 7) is 2.99. The maximum absolute atomic E-state index is 12.3. The van der Waals surface area contributed by atoms with Gasteiger partial charge in [-0.05, 0) is 20.0 Å². The summed E-state index contributed by atoms with van der Waals surface area (Å²) < 4.78 is 37.2. The van der Waals surface area contributed by atoms with E-state index in [2.05, 4.69) is 10.0 Å². The Morgan fingerprint density at radius 3 is 2.65 bits per heavy atom. The predicted octanol–water partition coefficient (Wildman–Crippen LogP) is 0.716. The molecule has 2 N–H and O–H groups in total. The second-order valence-electron chi connectivity index (χ2n) is 4.33. The average molecular weight is 322 g/mol. The van der Waals surface area contributed by atoms with E-state index in [9.17, 15) is 8.42 Å². The molecule has 8 heteroatoms. The molecular formula is C12H22N2O4S2. The lowest BCUT2D eigenvalue weighted by molar-refractivity contribution is 0.0320. The molecule has 0 amide bonds. The third kappa shape index (κ3) is 4.80. The van der Waals surface area contributed by atoms with E-state index in [-0.39, 0.29) is 12.6 Å². The quantitative estimate of drug-likeness (QED) is 0.700. The first-order valence-corrected chi connectivity index (χ1v) is 8.49. The number of methoxy groups -OCH3 is 2. The van der Waals surface area contributed by atoms with Crippen LogP contribution in [-0.2, 0) is 26.0 Å². The Morgan fingerprint density at radius 2 is 2.10 bits per heavy atom. The topological polar surface area (TPSA) is 76.7 Å². The molecule has 0 saturated heterocycles. The lowest BCUT2D eigenvalue weighted by Gasteiger charge is -2.15. The third-order valence-electron chi connectivity index (χ3n) is 2.75. The lowest BCUT2D eigenvalue weighted by atomic mass is 10.4. The SMILES string of the molecule is CNCc1cc(S(=O)(=O)NCC(COC)OC)c(C)s1. The fraction of sp³-hybridized carbons (Fsp3) is 0.667. The van der Waals surface area contributed by atoms with Gasteiger partial charge < -0.3 is 14.8 Å². The molecule has 0 spiro atoms. The van der Waals surface area contributed by atoms with Gasteiger partial charge in [-0.3, -0.25) is 0 Å². The predicted molar refractivity (Wildman–Crippen MR) is 79.7 cm³/mol. The van der Waals surface area contributed by atoms with E-state index in [0.717, 1.165) is 9.75 Å². The van der Waals surface area contributed by atoms with Crippen molar-refractivity contribution in [1.82, 2.24) is 10.0 Å². The highest BCUT2D eigenvalue weighted by Crippen LogP contribution is 2.25. The monoisotopic (exact) mass is 322 g/mol. The van der Waals surface area contributed by atoms with Crippen molar-refractivity contribution in [3.63, 3.8) is 0 Å². The Labute approximate surface area is 124 Å². The molecular weight excluding hydrogens is 300 g/mol. The fourth-order valence-electron chi connectivity index (χ4n) is 1.73. The molecule has 0 aliphatic carbocycles. The number of rotatable bonds is 9. The Hall–Kier alpha value is -0.510. The van der Waals surface area contributed by atoms with Gasteiger partial charge in [-0.1, -0.05) is 0 Å². The first-order valence-electron chi connectivity index (χ1n) is 6.20. The van der Waals surface area contributed by atoms with Crippen molar-refractivity contribution < 1.29 is 17.9 Å². The second kappa shape index (κ2) is 8.06. The third-order valence-corrected chi connectivity index (χ3v) is 5.48. The van der Waals surface area contributed by atoms with E-state index in [1.165, 1.54) is 18.4 Å². The summed E-state index contributed by atoms with van der Waals surface area (Å²) in [5, 5.41) is 3.01. The smallest absolute Gasteiger partial charge is 0.241 e. The van der Waals surface area contributed by atoms with Crippen LogP contribution in [0, 0.1) is 6.92 Å². The molecule has 0 bridgehead atoms. The molecule has 0 aliphatic rings. The average Bonchev–Trinajstić information content (AvgIpc) is 2.77. The number of nitrogens with one attached hydrogen (secondary N) is 2. The van der Waals surface area contributed by atoms with Crippen LogP contribution in [0.25, 0.3) is 0 Å². The zero-order valence-electron chi connectivity index (χ0n) is 12.2. The minimum Gasteiger partial charge on any atom is -0.382 e. The van der Waals surface area contributed by atoms with Crippen LogP contribution in [0.15, 0.2) is 11.0 Å². The van der Waals surface area contributed by atoms with Gasteiger partial charge in [-0.15, -0.1) is 11.3 Å². The van der Waals surface area contributed by atoms with Gasteiger partial charge in [0.2, 0.25) is 10.0 Å². The number of ether oxygens (including phenoxy) is 2. The Morgan fingerprint density at radius 1 is 1.40 bits per heavy atom. The zero-order chi connectivity index (χ0) is 15.2. The van der Waals surface area contributed by atoms with Gasteiger partial charge in [0, 0.05) is 37.1 Å². The minimum atomic E-state index is -3.51.